The van der Waals surface area contributed by atoms with E-state index in [1.54, 1.807) is 6.92 Å². The lowest BCUT2D eigenvalue weighted by molar-refractivity contribution is 0.0950. The average Bonchev–Trinajstić information content (AvgIpc) is 2.13. The maximum absolute atomic E-state index is 12.6. The van der Waals surface area contributed by atoms with Crippen LogP contribution in [-0.2, 0) is 0 Å². The van der Waals surface area contributed by atoms with Gasteiger partial charge in [0.25, 0.3) is 0 Å². The van der Waals surface area contributed by atoms with Crippen molar-refractivity contribution in [1.29, 1.82) is 0 Å². The van der Waals surface area contributed by atoms with E-state index >= 15 is 0 Å². The lowest BCUT2D eigenvalue weighted by Gasteiger charge is -2.13. The van der Waals surface area contributed by atoms with Crippen molar-refractivity contribution in [3.05, 3.63) is 0 Å². The highest BCUT2D eigenvalue weighted by Gasteiger charge is 2.29. The van der Waals surface area contributed by atoms with Crippen LogP contribution < -0.4 is 5.32 Å². The Bertz CT molecular complexity index is 97.1. The Labute approximate surface area is 54.1 Å². The van der Waals surface area contributed by atoms with Gasteiger partial charge in [-0.15, -0.1) is 0 Å². The highest BCUT2D eigenvalue weighted by molar-refractivity contribution is 4.83. The summed E-state index contributed by atoms with van der Waals surface area (Å²) < 4.78 is 12.6. The van der Waals surface area contributed by atoms with Gasteiger partial charge in [0.05, 0.1) is 6.10 Å². The van der Waals surface area contributed by atoms with E-state index < -0.39 is 12.3 Å². The van der Waals surface area contributed by atoms with E-state index in [4.69, 9.17) is 5.11 Å². The zero-order valence-corrected chi connectivity index (χ0v) is 5.47. The van der Waals surface area contributed by atoms with Gasteiger partial charge in [0.2, 0.25) is 0 Å². The largest absolute Gasteiger partial charge is 0.393 e. The predicted octanol–water partition coefficient (Wildman–Crippen LogP) is -0.0753. The number of hydrogen-bond acceptors (Lipinski definition) is 2. The summed E-state index contributed by atoms with van der Waals surface area (Å²) in [5, 5.41) is 11.8. The summed E-state index contributed by atoms with van der Waals surface area (Å²) in [5.74, 6) is -0.190. The van der Waals surface area contributed by atoms with E-state index in [9.17, 15) is 4.39 Å². The van der Waals surface area contributed by atoms with Crippen LogP contribution in [0, 0.1) is 5.92 Å². The fraction of sp³-hybridized carbons (Fsp3) is 1.00. The molecule has 0 spiro atoms. The molecule has 3 heteroatoms. The quantitative estimate of drug-likeness (QED) is 0.524. The number of halogens is 1. The maximum atomic E-state index is 12.6. The molecular weight excluding hydrogens is 121 g/mol. The number of aliphatic hydroxyl groups is 1. The zero-order chi connectivity index (χ0) is 6.85. The molecule has 2 nitrogen and oxygen atoms in total. The molecule has 0 aliphatic carbocycles. The molecule has 2 N–H and O–H groups in total. The molecule has 0 aromatic rings. The van der Waals surface area contributed by atoms with Gasteiger partial charge in [-0.25, -0.2) is 4.39 Å². The van der Waals surface area contributed by atoms with Crippen molar-refractivity contribution >= 4 is 0 Å². The molecule has 1 fully saturated rings. The van der Waals surface area contributed by atoms with Crippen LogP contribution in [-0.4, -0.2) is 30.5 Å². The third-order valence-electron chi connectivity index (χ3n) is 1.80. The van der Waals surface area contributed by atoms with E-state index in [0.29, 0.717) is 13.1 Å². The second kappa shape index (κ2) is 2.62. The van der Waals surface area contributed by atoms with E-state index in [-0.39, 0.29) is 5.92 Å². The Balaban J connectivity index is 2.40. The zero-order valence-electron chi connectivity index (χ0n) is 5.47. The predicted molar refractivity (Wildman–Crippen MR) is 32.9 cm³/mol. The molecule has 0 aromatic carbocycles. The SMILES string of the molecule is CC(O)C1CNCC1F. The second-order valence-electron chi connectivity index (χ2n) is 2.58. The number of aliphatic hydroxyl groups excluding tert-OH is 1. The second-order valence-corrected chi connectivity index (χ2v) is 2.58. The first kappa shape index (κ1) is 6.96. The molecule has 0 bridgehead atoms. The molecular formula is C6H12FNO. The monoisotopic (exact) mass is 133 g/mol. The minimum absolute atomic E-state index is 0.190. The Hall–Kier alpha value is -0.150. The minimum atomic E-state index is -0.856. The molecule has 3 atom stereocenters. The molecule has 0 saturated carbocycles. The van der Waals surface area contributed by atoms with Crippen LogP contribution in [0.1, 0.15) is 6.92 Å². The summed E-state index contributed by atoms with van der Waals surface area (Å²) >= 11 is 0. The summed E-state index contributed by atoms with van der Waals surface area (Å²) in [6.45, 7) is 2.64. The van der Waals surface area contributed by atoms with Crippen molar-refractivity contribution in [3.8, 4) is 0 Å². The molecule has 9 heavy (non-hydrogen) atoms. The van der Waals surface area contributed by atoms with E-state index in [0.717, 1.165) is 0 Å². The van der Waals surface area contributed by atoms with Crippen LogP contribution in [0.25, 0.3) is 0 Å². The van der Waals surface area contributed by atoms with Gasteiger partial charge in [-0.2, -0.15) is 0 Å². The van der Waals surface area contributed by atoms with Crippen molar-refractivity contribution < 1.29 is 9.50 Å². The molecule has 1 heterocycles. The fourth-order valence-corrected chi connectivity index (χ4v) is 1.14. The summed E-state index contributed by atoms with van der Waals surface area (Å²) in [6.07, 6.45) is -1.38. The lowest BCUT2D eigenvalue weighted by Crippen LogP contribution is -2.25. The van der Waals surface area contributed by atoms with E-state index in [2.05, 4.69) is 5.32 Å². The van der Waals surface area contributed by atoms with Crippen molar-refractivity contribution in [2.45, 2.75) is 19.2 Å². The molecule has 54 valence electrons. The normalized spacial score (nSPS) is 39.0. The summed E-state index contributed by atoms with van der Waals surface area (Å²) in [5.41, 5.74) is 0. The first-order chi connectivity index (χ1) is 4.22. The number of nitrogens with one attached hydrogen (secondary N) is 1. The van der Waals surface area contributed by atoms with Gasteiger partial charge < -0.3 is 10.4 Å². The maximum Gasteiger partial charge on any atom is 0.119 e. The Morgan fingerprint density at radius 2 is 2.33 bits per heavy atom. The van der Waals surface area contributed by atoms with E-state index in [1.807, 2.05) is 0 Å². The first-order valence-electron chi connectivity index (χ1n) is 3.24. The number of hydrogen-bond donors (Lipinski definition) is 2. The molecule has 1 saturated heterocycles. The summed E-state index contributed by atoms with van der Waals surface area (Å²) in [4.78, 5) is 0. The van der Waals surface area contributed by atoms with Crippen molar-refractivity contribution in [2.24, 2.45) is 5.92 Å². The number of alkyl halides is 1. The smallest absolute Gasteiger partial charge is 0.119 e. The van der Waals surface area contributed by atoms with Crippen molar-refractivity contribution in [3.63, 3.8) is 0 Å². The van der Waals surface area contributed by atoms with E-state index in [1.165, 1.54) is 0 Å². The molecule has 1 aliphatic rings. The van der Waals surface area contributed by atoms with Gasteiger partial charge in [-0.05, 0) is 6.92 Å². The van der Waals surface area contributed by atoms with Crippen LogP contribution in [0.4, 0.5) is 4.39 Å². The highest BCUT2D eigenvalue weighted by atomic mass is 19.1. The Morgan fingerprint density at radius 1 is 1.67 bits per heavy atom. The van der Waals surface area contributed by atoms with Crippen LogP contribution in [0.3, 0.4) is 0 Å². The van der Waals surface area contributed by atoms with Gasteiger partial charge in [-0.1, -0.05) is 0 Å². The molecule has 1 aliphatic heterocycles. The van der Waals surface area contributed by atoms with Crippen LogP contribution in [0.2, 0.25) is 0 Å². The third-order valence-corrected chi connectivity index (χ3v) is 1.80. The summed E-state index contributed by atoms with van der Waals surface area (Å²) in [6, 6.07) is 0. The lowest BCUT2D eigenvalue weighted by atomic mass is 10.0. The molecule has 0 aromatic heterocycles. The summed E-state index contributed by atoms with van der Waals surface area (Å²) in [7, 11) is 0. The Morgan fingerprint density at radius 3 is 2.56 bits per heavy atom. The van der Waals surface area contributed by atoms with Crippen LogP contribution in [0.5, 0.6) is 0 Å². The first-order valence-corrected chi connectivity index (χ1v) is 3.24. The molecule has 3 unspecified atom stereocenters. The minimum Gasteiger partial charge on any atom is -0.393 e. The van der Waals surface area contributed by atoms with Gasteiger partial charge >= 0.3 is 0 Å². The van der Waals surface area contributed by atoms with Crippen LogP contribution in [0.15, 0.2) is 0 Å². The van der Waals surface area contributed by atoms with Gasteiger partial charge in [0, 0.05) is 19.0 Å². The fourth-order valence-electron chi connectivity index (χ4n) is 1.14. The standard InChI is InChI=1S/C6H12FNO/c1-4(9)5-2-8-3-6(5)7/h4-6,8-9H,2-3H2,1H3. The van der Waals surface area contributed by atoms with Gasteiger partial charge in [-0.3, -0.25) is 0 Å². The highest BCUT2D eigenvalue weighted by Crippen LogP contribution is 2.15. The van der Waals surface area contributed by atoms with Crippen molar-refractivity contribution in [2.75, 3.05) is 13.1 Å². The third kappa shape index (κ3) is 1.40. The van der Waals surface area contributed by atoms with Crippen molar-refractivity contribution in [1.82, 2.24) is 5.32 Å². The number of rotatable bonds is 1. The molecule has 0 radical (unpaired) electrons. The molecule has 1 rings (SSSR count). The molecule has 0 amide bonds. The average molecular weight is 133 g/mol. The van der Waals surface area contributed by atoms with Gasteiger partial charge in [0.1, 0.15) is 6.17 Å². The van der Waals surface area contributed by atoms with Gasteiger partial charge in [0.15, 0.2) is 0 Å². The van der Waals surface area contributed by atoms with Crippen LogP contribution >= 0.6 is 0 Å². The topological polar surface area (TPSA) is 32.3 Å². The Kier molecular flexibility index (Phi) is 2.03.